The Labute approximate surface area is 124 Å². The van der Waals surface area contributed by atoms with Gasteiger partial charge in [0.15, 0.2) is 0 Å². The molecule has 6 heteroatoms. The van der Waals surface area contributed by atoms with E-state index in [9.17, 15) is 0 Å². The summed E-state index contributed by atoms with van der Waals surface area (Å²) in [6.45, 7) is 6.95. The van der Waals surface area contributed by atoms with Crippen LogP contribution in [0, 0.1) is 6.92 Å². The highest BCUT2D eigenvalue weighted by molar-refractivity contribution is 5.48. The van der Waals surface area contributed by atoms with E-state index in [0.717, 1.165) is 17.0 Å². The Kier molecular flexibility index (Phi) is 5.30. The molecular formula is C15H21N3O3. The third-order valence-corrected chi connectivity index (χ3v) is 2.97. The summed E-state index contributed by atoms with van der Waals surface area (Å²) in [5.41, 5.74) is 2.60. The molecule has 6 nitrogen and oxygen atoms in total. The molecule has 2 aromatic rings. The van der Waals surface area contributed by atoms with Gasteiger partial charge in [-0.05, 0) is 38.5 Å². The van der Waals surface area contributed by atoms with Gasteiger partial charge >= 0.3 is 0 Å². The average Bonchev–Trinajstić information content (AvgIpc) is 2.96. The summed E-state index contributed by atoms with van der Waals surface area (Å²) in [4.78, 5) is 0. The summed E-state index contributed by atoms with van der Waals surface area (Å²) in [5.74, 6) is 0.737. The van der Waals surface area contributed by atoms with Gasteiger partial charge in [-0.2, -0.15) is 0 Å². The second-order valence-corrected chi connectivity index (χ2v) is 4.51. The monoisotopic (exact) mass is 291 g/mol. The van der Waals surface area contributed by atoms with Crippen molar-refractivity contribution in [3.63, 3.8) is 0 Å². The highest BCUT2D eigenvalue weighted by Gasteiger charge is 2.17. The van der Waals surface area contributed by atoms with Crippen LogP contribution in [0.1, 0.15) is 31.4 Å². The lowest BCUT2D eigenvalue weighted by Crippen LogP contribution is -2.09. The van der Waals surface area contributed by atoms with Crippen molar-refractivity contribution in [1.29, 1.82) is 0 Å². The minimum absolute atomic E-state index is 0.496. The molecule has 0 bridgehead atoms. The van der Waals surface area contributed by atoms with Crippen LogP contribution in [0.25, 0.3) is 5.69 Å². The number of methoxy groups -OCH3 is 1. The van der Waals surface area contributed by atoms with Gasteiger partial charge in [0.2, 0.25) is 6.29 Å². The van der Waals surface area contributed by atoms with E-state index < -0.39 is 6.29 Å². The molecular weight excluding hydrogens is 270 g/mol. The Hall–Kier alpha value is -1.92. The lowest BCUT2D eigenvalue weighted by molar-refractivity contribution is -0.142. The maximum absolute atomic E-state index is 5.53. The Morgan fingerprint density at radius 1 is 1.19 bits per heavy atom. The first kappa shape index (κ1) is 15.5. The highest BCUT2D eigenvalue weighted by atomic mass is 16.7. The van der Waals surface area contributed by atoms with Crippen LogP contribution in [0.15, 0.2) is 24.4 Å². The molecule has 114 valence electrons. The normalized spacial score (nSPS) is 11.1. The molecule has 0 spiro atoms. The largest absolute Gasteiger partial charge is 0.494 e. The van der Waals surface area contributed by atoms with Crippen LogP contribution < -0.4 is 4.74 Å². The van der Waals surface area contributed by atoms with E-state index in [1.54, 1.807) is 18.0 Å². The molecule has 0 aliphatic rings. The van der Waals surface area contributed by atoms with E-state index in [-0.39, 0.29) is 0 Å². The Bertz CT molecular complexity index is 577. The van der Waals surface area contributed by atoms with E-state index in [1.807, 2.05) is 39.0 Å². The van der Waals surface area contributed by atoms with Crippen LogP contribution in [-0.2, 0) is 9.47 Å². The number of hydrogen-bond donors (Lipinski definition) is 0. The Morgan fingerprint density at radius 3 is 2.52 bits per heavy atom. The van der Waals surface area contributed by atoms with Crippen molar-refractivity contribution in [1.82, 2.24) is 15.0 Å². The lowest BCUT2D eigenvalue weighted by Gasteiger charge is -2.13. The molecule has 0 aliphatic carbocycles. The zero-order chi connectivity index (χ0) is 15.2. The van der Waals surface area contributed by atoms with Crippen LogP contribution >= 0.6 is 0 Å². The van der Waals surface area contributed by atoms with Gasteiger partial charge in [-0.15, -0.1) is 5.10 Å². The molecule has 1 aromatic heterocycles. The van der Waals surface area contributed by atoms with Crippen molar-refractivity contribution in [2.75, 3.05) is 20.3 Å². The Morgan fingerprint density at radius 2 is 1.90 bits per heavy atom. The van der Waals surface area contributed by atoms with Crippen LogP contribution in [0.4, 0.5) is 0 Å². The van der Waals surface area contributed by atoms with Gasteiger partial charge in [-0.1, -0.05) is 11.3 Å². The van der Waals surface area contributed by atoms with Crippen molar-refractivity contribution in [2.45, 2.75) is 27.1 Å². The van der Waals surface area contributed by atoms with Gasteiger partial charge in [0.05, 0.1) is 13.3 Å². The third-order valence-electron chi connectivity index (χ3n) is 2.97. The van der Waals surface area contributed by atoms with E-state index in [2.05, 4.69) is 10.3 Å². The summed E-state index contributed by atoms with van der Waals surface area (Å²) in [5, 5.41) is 8.29. The number of benzene rings is 1. The fourth-order valence-corrected chi connectivity index (χ4v) is 2.00. The van der Waals surface area contributed by atoms with Gasteiger partial charge < -0.3 is 14.2 Å². The quantitative estimate of drug-likeness (QED) is 0.734. The molecule has 0 radical (unpaired) electrons. The summed E-state index contributed by atoms with van der Waals surface area (Å²) >= 11 is 0. The zero-order valence-electron chi connectivity index (χ0n) is 12.9. The average molecular weight is 291 g/mol. The zero-order valence-corrected chi connectivity index (χ0v) is 12.9. The summed E-state index contributed by atoms with van der Waals surface area (Å²) in [6, 6.07) is 5.89. The van der Waals surface area contributed by atoms with Crippen molar-refractivity contribution in [3.8, 4) is 11.4 Å². The van der Waals surface area contributed by atoms with Crippen molar-refractivity contribution >= 4 is 0 Å². The standard InChI is InChI=1S/C15H21N3O3/c1-5-20-15(21-6-2)12-10-18(17-16-12)13-9-11(3)7-8-14(13)19-4/h7-10,15H,5-6H2,1-4H3. The number of aromatic nitrogens is 3. The summed E-state index contributed by atoms with van der Waals surface area (Å²) < 4.78 is 18.1. The van der Waals surface area contributed by atoms with Crippen LogP contribution in [-0.4, -0.2) is 35.3 Å². The number of rotatable bonds is 7. The lowest BCUT2D eigenvalue weighted by atomic mass is 10.2. The molecule has 1 heterocycles. The second kappa shape index (κ2) is 7.19. The third kappa shape index (κ3) is 3.59. The van der Waals surface area contributed by atoms with Gasteiger partial charge in [0, 0.05) is 13.2 Å². The van der Waals surface area contributed by atoms with Gasteiger partial charge in [-0.3, -0.25) is 0 Å². The first-order chi connectivity index (χ1) is 10.2. The SMILES string of the molecule is CCOC(OCC)c1cn(-c2cc(C)ccc2OC)nn1. The molecule has 2 rings (SSSR count). The molecule has 0 saturated heterocycles. The van der Waals surface area contributed by atoms with Crippen LogP contribution in [0.3, 0.4) is 0 Å². The number of ether oxygens (including phenoxy) is 3. The van der Waals surface area contributed by atoms with Gasteiger partial charge in [0.25, 0.3) is 0 Å². The van der Waals surface area contributed by atoms with E-state index >= 15 is 0 Å². The van der Waals surface area contributed by atoms with E-state index in [1.165, 1.54) is 0 Å². The van der Waals surface area contributed by atoms with Gasteiger partial charge in [0.1, 0.15) is 17.1 Å². The minimum Gasteiger partial charge on any atom is -0.494 e. The first-order valence-corrected chi connectivity index (χ1v) is 7.00. The number of aryl methyl sites for hydroxylation is 1. The minimum atomic E-state index is -0.496. The predicted molar refractivity (Wildman–Crippen MR) is 78.6 cm³/mol. The van der Waals surface area contributed by atoms with Crippen molar-refractivity contribution in [3.05, 3.63) is 35.7 Å². The molecule has 21 heavy (non-hydrogen) atoms. The smallest absolute Gasteiger partial charge is 0.204 e. The predicted octanol–water partition coefficient (Wildman–Crippen LogP) is 2.66. The summed E-state index contributed by atoms with van der Waals surface area (Å²) in [7, 11) is 1.63. The highest BCUT2D eigenvalue weighted by Crippen LogP contribution is 2.24. The maximum Gasteiger partial charge on any atom is 0.204 e. The van der Waals surface area contributed by atoms with Crippen molar-refractivity contribution < 1.29 is 14.2 Å². The van der Waals surface area contributed by atoms with Crippen LogP contribution in [0.5, 0.6) is 5.75 Å². The van der Waals surface area contributed by atoms with E-state index in [0.29, 0.717) is 18.9 Å². The first-order valence-electron chi connectivity index (χ1n) is 7.00. The van der Waals surface area contributed by atoms with Gasteiger partial charge in [-0.25, -0.2) is 4.68 Å². The molecule has 0 amide bonds. The number of nitrogens with zero attached hydrogens (tertiary/aromatic N) is 3. The molecule has 0 atom stereocenters. The fourth-order valence-electron chi connectivity index (χ4n) is 2.00. The number of hydrogen-bond acceptors (Lipinski definition) is 5. The van der Waals surface area contributed by atoms with Crippen LogP contribution in [0.2, 0.25) is 0 Å². The molecule has 0 N–H and O–H groups in total. The molecule has 0 unspecified atom stereocenters. The second-order valence-electron chi connectivity index (χ2n) is 4.51. The molecule has 0 fully saturated rings. The molecule has 0 aliphatic heterocycles. The summed E-state index contributed by atoms with van der Waals surface area (Å²) in [6.07, 6.45) is 1.30. The topological polar surface area (TPSA) is 58.4 Å². The van der Waals surface area contributed by atoms with E-state index in [4.69, 9.17) is 14.2 Å². The van der Waals surface area contributed by atoms with Crippen molar-refractivity contribution in [2.24, 2.45) is 0 Å². The fraction of sp³-hybridized carbons (Fsp3) is 0.467. The Balaban J connectivity index is 2.32. The molecule has 0 saturated carbocycles. The molecule has 1 aromatic carbocycles. The maximum atomic E-state index is 5.53.